The first kappa shape index (κ1) is 13.0. The highest BCUT2D eigenvalue weighted by molar-refractivity contribution is 4.75. The van der Waals surface area contributed by atoms with Gasteiger partial charge in [-0.25, -0.2) is 0 Å². The fourth-order valence-electron chi connectivity index (χ4n) is 2.55. The van der Waals surface area contributed by atoms with E-state index in [-0.39, 0.29) is 0 Å². The van der Waals surface area contributed by atoms with Crippen LogP contribution in [-0.4, -0.2) is 30.6 Å². The number of hydrogen-bond donors (Lipinski definition) is 1. The van der Waals surface area contributed by atoms with Crippen molar-refractivity contribution in [3.63, 3.8) is 0 Å². The van der Waals surface area contributed by atoms with Crippen molar-refractivity contribution in [1.29, 1.82) is 0 Å². The zero-order chi connectivity index (χ0) is 11.1. The maximum atomic E-state index is 5.66. The molecule has 90 valence electrons. The van der Waals surface area contributed by atoms with Gasteiger partial charge in [-0.05, 0) is 44.8 Å². The van der Waals surface area contributed by atoms with Gasteiger partial charge in [-0.3, -0.25) is 0 Å². The summed E-state index contributed by atoms with van der Waals surface area (Å²) in [6.45, 7) is 7.85. The second-order valence-corrected chi connectivity index (χ2v) is 5.05. The molecule has 1 aliphatic carbocycles. The van der Waals surface area contributed by atoms with E-state index in [9.17, 15) is 0 Å². The second kappa shape index (κ2) is 7.24. The Morgan fingerprint density at radius 1 is 1.27 bits per heavy atom. The quantitative estimate of drug-likeness (QED) is 0.733. The van der Waals surface area contributed by atoms with Crippen LogP contribution >= 0.6 is 0 Å². The molecule has 15 heavy (non-hydrogen) atoms. The Balaban J connectivity index is 2.27. The van der Waals surface area contributed by atoms with Crippen molar-refractivity contribution >= 4 is 0 Å². The molecule has 1 rings (SSSR count). The van der Waals surface area contributed by atoms with E-state index in [2.05, 4.69) is 18.7 Å². The van der Waals surface area contributed by atoms with E-state index in [0.29, 0.717) is 5.92 Å². The van der Waals surface area contributed by atoms with Gasteiger partial charge < -0.3 is 10.6 Å². The van der Waals surface area contributed by atoms with Gasteiger partial charge >= 0.3 is 0 Å². The molecule has 1 aliphatic rings. The van der Waals surface area contributed by atoms with Crippen LogP contribution in [0.25, 0.3) is 0 Å². The Kier molecular flexibility index (Phi) is 6.26. The molecule has 1 saturated carbocycles. The lowest BCUT2D eigenvalue weighted by Crippen LogP contribution is -2.38. The molecule has 0 radical (unpaired) electrons. The molecule has 0 heterocycles. The fraction of sp³-hybridized carbons (Fsp3) is 1.00. The maximum Gasteiger partial charge on any atom is 0.00951 e. The predicted octanol–water partition coefficient (Wildman–Crippen LogP) is 2.63. The second-order valence-electron chi connectivity index (χ2n) is 5.05. The first-order valence-electron chi connectivity index (χ1n) is 6.72. The summed E-state index contributed by atoms with van der Waals surface area (Å²) >= 11 is 0. The van der Waals surface area contributed by atoms with E-state index in [1.165, 1.54) is 51.6 Å². The molecule has 0 aromatic carbocycles. The van der Waals surface area contributed by atoms with Gasteiger partial charge in [-0.15, -0.1) is 0 Å². The third-order valence-corrected chi connectivity index (χ3v) is 3.81. The van der Waals surface area contributed by atoms with Crippen molar-refractivity contribution in [1.82, 2.24) is 4.90 Å². The molecule has 0 saturated heterocycles. The molecule has 0 spiro atoms. The van der Waals surface area contributed by atoms with Gasteiger partial charge in [0.15, 0.2) is 0 Å². The summed E-state index contributed by atoms with van der Waals surface area (Å²) in [6.07, 6.45) is 8.44. The van der Waals surface area contributed by atoms with Gasteiger partial charge in [0.25, 0.3) is 0 Å². The van der Waals surface area contributed by atoms with Gasteiger partial charge in [0.05, 0.1) is 0 Å². The molecular weight excluding hydrogens is 184 g/mol. The van der Waals surface area contributed by atoms with Crippen molar-refractivity contribution in [3.8, 4) is 0 Å². The Morgan fingerprint density at radius 3 is 2.47 bits per heavy atom. The summed E-state index contributed by atoms with van der Waals surface area (Å²) in [5.74, 6) is 0.683. The SMILES string of the molecule is CCN(CCC(C)CN)C1CCCCC1. The number of hydrogen-bond acceptors (Lipinski definition) is 2. The molecule has 0 amide bonds. The largest absolute Gasteiger partial charge is 0.330 e. The predicted molar refractivity (Wildman–Crippen MR) is 67.0 cm³/mol. The lowest BCUT2D eigenvalue weighted by atomic mass is 9.93. The third-order valence-electron chi connectivity index (χ3n) is 3.81. The van der Waals surface area contributed by atoms with Gasteiger partial charge in [-0.1, -0.05) is 33.1 Å². The molecule has 0 aliphatic heterocycles. The van der Waals surface area contributed by atoms with Crippen molar-refractivity contribution in [2.24, 2.45) is 11.7 Å². The Hall–Kier alpha value is -0.0800. The van der Waals surface area contributed by atoms with E-state index in [1.54, 1.807) is 0 Å². The van der Waals surface area contributed by atoms with E-state index in [0.717, 1.165) is 12.6 Å². The first-order chi connectivity index (χ1) is 7.27. The topological polar surface area (TPSA) is 29.3 Å². The van der Waals surface area contributed by atoms with Gasteiger partial charge in [-0.2, -0.15) is 0 Å². The molecular formula is C13H28N2. The van der Waals surface area contributed by atoms with Gasteiger partial charge in [0.2, 0.25) is 0 Å². The van der Waals surface area contributed by atoms with Gasteiger partial charge in [0.1, 0.15) is 0 Å². The highest BCUT2D eigenvalue weighted by Crippen LogP contribution is 2.22. The lowest BCUT2D eigenvalue weighted by Gasteiger charge is -2.34. The summed E-state index contributed by atoms with van der Waals surface area (Å²) in [5.41, 5.74) is 5.66. The summed E-state index contributed by atoms with van der Waals surface area (Å²) in [7, 11) is 0. The zero-order valence-corrected chi connectivity index (χ0v) is 10.5. The highest BCUT2D eigenvalue weighted by Gasteiger charge is 2.19. The van der Waals surface area contributed by atoms with Crippen LogP contribution in [0.2, 0.25) is 0 Å². The van der Waals surface area contributed by atoms with E-state index in [1.807, 2.05) is 0 Å². The average Bonchev–Trinajstić information content (AvgIpc) is 2.31. The van der Waals surface area contributed by atoms with Crippen molar-refractivity contribution in [2.45, 2.75) is 58.4 Å². The maximum absolute atomic E-state index is 5.66. The minimum absolute atomic E-state index is 0.683. The molecule has 1 atom stereocenters. The van der Waals surface area contributed by atoms with Crippen LogP contribution in [-0.2, 0) is 0 Å². The standard InChI is InChI=1S/C13H28N2/c1-3-15(10-9-12(2)11-14)13-7-5-4-6-8-13/h12-13H,3-11,14H2,1-2H3. The molecule has 1 fully saturated rings. The van der Waals surface area contributed by atoms with Crippen LogP contribution in [0.4, 0.5) is 0 Å². The zero-order valence-electron chi connectivity index (χ0n) is 10.5. The molecule has 0 bridgehead atoms. The molecule has 1 unspecified atom stereocenters. The van der Waals surface area contributed by atoms with Gasteiger partial charge in [0, 0.05) is 6.04 Å². The first-order valence-corrected chi connectivity index (χ1v) is 6.72. The van der Waals surface area contributed by atoms with Crippen molar-refractivity contribution in [3.05, 3.63) is 0 Å². The van der Waals surface area contributed by atoms with Crippen LogP contribution in [0.3, 0.4) is 0 Å². The minimum atomic E-state index is 0.683. The van der Waals surface area contributed by atoms with Crippen LogP contribution in [0.5, 0.6) is 0 Å². The fourth-order valence-corrected chi connectivity index (χ4v) is 2.55. The van der Waals surface area contributed by atoms with E-state index >= 15 is 0 Å². The molecule has 2 heteroatoms. The van der Waals surface area contributed by atoms with Crippen LogP contribution in [0.1, 0.15) is 52.4 Å². The normalized spacial score (nSPS) is 20.8. The average molecular weight is 212 g/mol. The summed E-state index contributed by atoms with van der Waals surface area (Å²) in [4.78, 5) is 2.67. The Morgan fingerprint density at radius 2 is 1.93 bits per heavy atom. The lowest BCUT2D eigenvalue weighted by molar-refractivity contribution is 0.155. The van der Waals surface area contributed by atoms with Crippen LogP contribution < -0.4 is 5.73 Å². The number of nitrogens with zero attached hydrogens (tertiary/aromatic N) is 1. The van der Waals surface area contributed by atoms with Crippen LogP contribution in [0, 0.1) is 5.92 Å². The number of rotatable bonds is 6. The van der Waals surface area contributed by atoms with E-state index < -0.39 is 0 Å². The van der Waals surface area contributed by atoms with Crippen molar-refractivity contribution < 1.29 is 0 Å². The third kappa shape index (κ3) is 4.52. The molecule has 2 N–H and O–H groups in total. The summed E-state index contributed by atoms with van der Waals surface area (Å²) in [6, 6.07) is 0.869. The minimum Gasteiger partial charge on any atom is -0.330 e. The van der Waals surface area contributed by atoms with Crippen molar-refractivity contribution in [2.75, 3.05) is 19.6 Å². The van der Waals surface area contributed by atoms with E-state index in [4.69, 9.17) is 5.73 Å². The smallest absolute Gasteiger partial charge is 0.00951 e. The molecule has 0 aromatic rings. The molecule has 2 nitrogen and oxygen atoms in total. The summed E-state index contributed by atoms with van der Waals surface area (Å²) in [5, 5.41) is 0. The van der Waals surface area contributed by atoms with Crippen LogP contribution in [0.15, 0.2) is 0 Å². The Bertz CT molecular complexity index is 153. The Labute approximate surface area is 95.2 Å². The highest BCUT2D eigenvalue weighted by atomic mass is 15.1. The summed E-state index contributed by atoms with van der Waals surface area (Å²) < 4.78 is 0. The molecule has 0 aromatic heterocycles. The monoisotopic (exact) mass is 212 g/mol. The number of nitrogens with two attached hydrogens (primary N) is 1.